The number of aliphatic hydroxyl groups excluding tert-OH is 2. The second kappa shape index (κ2) is 5.96. The van der Waals surface area contributed by atoms with Gasteiger partial charge in [-0.15, -0.1) is 0 Å². The SMILES string of the molecule is C=Cn1c(=O)n([C@@H]2O[C@H]([C@@H](O)CC)[C@H](F)[C@H]2O)c2nc(N)ncc21. The summed E-state index contributed by atoms with van der Waals surface area (Å²) in [7, 11) is 0. The first-order chi connectivity index (χ1) is 11.4. The van der Waals surface area contributed by atoms with Gasteiger partial charge in [0.05, 0.1) is 12.3 Å². The first-order valence-corrected chi connectivity index (χ1v) is 7.43. The van der Waals surface area contributed by atoms with E-state index in [1.807, 2.05) is 0 Å². The zero-order valence-electron chi connectivity index (χ0n) is 12.9. The molecule has 10 heteroatoms. The van der Waals surface area contributed by atoms with E-state index in [2.05, 4.69) is 16.5 Å². The van der Waals surface area contributed by atoms with Gasteiger partial charge in [-0.1, -0.05) is 13.5 Å². The fourth-order valence-corrected chi connectivity index (χ4v) is 2.86. The van der Waals surface area contributed by atoms with E-state index >= 15 is 0 Å². The maximum Gasteiger partial charge on any atom is 0.336 e. The number of imidazole rings is 1. The molecule has 2 aromatic rings. The van der Waals surface area contributed by atoms with E-state index in [9.17, 15) is 19.4 Å². The summed E-state index contributed by atoms with van der Waals surface area (Å²) in [5, 5.41) is 20.0. The van der Waals surface area contributed by atoms with Crippen LogP contribution in [0.3, 0.4) is 0 Å². The summed E-state index contributed by atoms with van der Waals surface area (Å²) in [6, 6.07) is 0. The summed E-state index contributed by atoms with van der Waals surface area (Å²) in [4.78, 5) is 20.4. The monoisotopic (exact) mass is 339 g/mol. The summed E-state index contributed by atoms with van der Waals surface area (Å²) in [5.74, 6) is -0.0908. The van der Waals surface area contributed by atoms with Gasteiger partial charge in [0.2, 0.25) is 5.95 Å². The molecule has 1 fully saturated rings. The second-order valence-corrected chi connectivity index (χ2v) is 5.54. The molecule has 5 atom stereocenters. The van der Waals surface area contributed by atoms with Crippen LogP contribution in [-0.4, -0.2) is 53.8 Å². The minimum atomic E-state index is -1.85. The van der Waals surface area contributed by atoms with Gasteiger partial charge in [-0.25, -0.2) is 18.7 Å². The molecule has 0 aliphatic carbocycles. The Bertz CT molecular complexity index is 834. The molecule has 9 nitrogen and oxygen atoms in total. The first kappa shape index (κ1) is 16.6. The largest absolute Gasteiger partial charge is 0.390 e. The van der Waals surface area contributed by atoms with Crippen molar-refractivity contribution in [3.63, 3.8) is 0 Å². The standard InChI is InChI=1S/C14H18FN5O4/c1-3-7(21)10-8(15)9(22)12(24-10)20-11-6(5-17-13(16)18-11)19(4-2)14(20)23/h4-5,7-10,12,21-22H,2-3H2,1H3,(H2,16,17,18)/t7-,8+,9+,10+,12+/m0/s1. The van der Waals surface area contributed by atoms with E-state index in [4.69, 9.17) is 10.5 Å². The van der Waals surface area contributed by atoms with Gasteiger partial charge >= 0.3 is 5.69 Å². The molecular weight excluding hydrogens is 321 g/mol. The van der Waals surface area contributed by atoms with Crippen molar-refractivity contribution in [1.82, 2.24) is 19.1 Å². The van der Waals surface area contributed by atoms with Crippen molar-refractivity contribution in [3.05, 3.63) is 23.3 Å². The number of halogens is 1. The average molecular weight is 339 g/mol. The van der Waals surface area contributed by atoms with Gasteiger partial charge in [0.1, 0.15) is 17.7 Å². The van der Waals surface area contributed by atoms with Crippen LogP contribution in [0.4, 0.5) is 10.3 Å². The predicted octanol–water partition coefficient (Wildman–Crippen LogP) is -0.357. The van der Waals surface area contributed by atoms with E-state index in [1.54, 1.807) is 6.92 Å². The molecule has 24 heavy (non-hydrogen) atoms. The Morgan fingerprint density at radius 3 is 2.96 bits per heavy atom. The topological polar surface area (TPSA) is 128 Å². The number of nitrogen functional groups attached to an aromatic ring is 1. The zero-order chi connectivity index (χ0) is 17.6. The molecule has 0 spiro atoms. The van der Waals surface area contributed by atoms with Gasteiger partial charge in [0.25, 0.3) is 0 Å². The molecule has 2 aromatic heterocycles. The molecule has 1 aliphatic heterocycles. The van der Waals surface area contributed by atoms with Crippen LogP contribution >= 0.6 is 0 Å². The lowest BCUT2D eigenvalue weighted by Gasteiger charge is -2.18. The third-order valence-corrected chi connectivity index (χ3v) is 4.13. The van der Waals surface area contributed by atoms with Gasteiger partial charge in [0, 0.05) is 6.20 Å². The van der Waals surface area contributed by atoms with Gasteiger partial charge in [-0.2, -0.15) is 4.98 Å². The van der Waals surface area contributed by atoms with E-state index in [0.29, 0.717) is 0 Å². The van der Waals surface area contributed by atoms with E-state index in [0.717, 1.165) is 9.13 Å². The van der Waals surface area contributed by atoms with Crippen LogP contribution in [0, 0.1) is 0 Å². The van der Waals surface area contributed by atoms with Crippen LogP contribution in [0.25, 0.3) is 17.4 Å². The summed E-state index contributed by atoms with van der Waals surface area (Å²) in [5.41, 5.74) is 5.29. The molecular formula is C14H18FN5O4. The van der Waals surface area contributed by atoms with Crippen molar-refractivity contribution in [1.29, 1.82) is 0 Å². The number of fused-ring (bicyclic) bond motifs is 1. The normalized spacial score (nSPS) is 28.3. The molecule has 0 saturated carbocycles. The van der Waals surface area contributed by atoms with Crippen LogP contribution in [-0.2, 0) is 4.74 Å². The number of alkyl halides is 1. The fraction of sp³-hybridized carbons (Fsp3) is 0.500. The smallest absolute Gasteiger partial charge is 0.336 e. The highest BCUT2D eigenvalue weighted by molar-refractivity contribution is 5.74. The van der Waals surface area contributed by atoms with Crippen LogP contribution < -0.4 is 11.4 Å². The van der Waals surface area contributed by atoms with Crippen LogP contribution in [0.15, 0.2) is 17.6 Å². The maximum atomic E-state index is 14.3. The van der Waals surface area contributed by atoms with Gasteiger partial charge in [0.15, 0.2) is 18.0 Å². The molecule has 1 saturated heterocycles. The number of hydrogen-bond donors (Lipinski definition) is 3. The predicted molar refractivity (Wildman–Crippen MR) is 83.7 cm³/mol. The first-order valence-electron chi connectivity index (χ1n) is 7.43. The second-order valence-electron chi connectivity index (χ2n) is 5.54. The summed E-state index contributed by atoms with van der Waals surface area (Å²) < 4.78 is 21.9. The summed E-state index contributed by atoms with van der Waals surface area (Å²) in [6.45, 7) is 5.20. The molecule has 3 rings (SSSR count). The van der Waals surface area contributed by atoms with Crippen molar-refractivity contribution < 1.29 is 19.3 Å². The lowest BCUT2D eigenvalue weighted by Crippen LogP contribution is -2.35. The number of ether oxygens (including phenoxy) is 1. The highest BCUT2D eigenvalue weighted by atomic mass is 19.1. The lowest BCUT2D eigenvalue weighted by atomic mass is 10.1. The lowest BCUT2D eigenvalue weighted by molar-refractivity contribution is -0.0798. The van der Waals surface area contributed by atoms with Crippen molar-refractivity contribution in [2.24, 2.45) is 0 Å². The van der Waals surface area contributed by atoms with Crippen molar-refractivity contribution in [2.75, 3.05) is 5.73 Å². The molecule has 0 unspecified atom stereocenters. The average Bonchev–Trinajstić information content (AvgIpc) is 3.00. The number of anilines is 1. The third-order valence-electron chi connectivity index (χ3n) is 4.13. The van der Waals surface area contributed by atoms with Crippen LogP contribution in [0.5, 0.6) is 0 Å². The Hall–Kier alpha value is -2.30. The highest BCUT2D eigenvalue weighted by Gasteiger charge is 2.49. The molecule has 4 N–H and O–H groups in total. The van der Waals surface area contributed by atoms with E-state index < -0.39 is 36.4 Å². The summed E-state index contributed by atoms with van der Waals surface area (Å²) in [6.07, 6.45) is -4.39. The molecule has 0 radical (unpaired) electrons. The molecule has 0 bridgehead atoms. The molecule has 0 amide bonds. The Morgan fingerprint density at radius 1 is 1.62 bits per heavy atom. The maximum absolute atomic E-state index is 14.3. The number of aromatic nitrogens is 4. The van der Waals surface area contributed by atoms with Crippen LogP contribution in [0.2, 0.25) is 0 Å². The number of nitrogens with two attached hydrogens (primary N) is 1. The minimum Gasteiger partial charge on any atom is -0.390 e. The Labute approximate surface area is 135 Å². The number of rotatable bonds is 4. The van der Waals surface area contributed by atoms with E-state index in [-0.39, 0.29) is 23.5 Å². The zero-order valence-corrected chi connectivity index (χ0v) is 12.9. The Balaban J connectivity index is 2.16. The fourth-order valence-electron chi connectivity index (χ4n) is 2.86. The molecule has 3 heterocycles. The third kappa shape index (κ3) is 2.30. The van der Waals surface area contributed by atoms with Gasteiger partial charge < -0.3 is 20.7 Å². The summed E-state index contributed by atoms with van der Waals surface area (Å²) >= 11 is 0. The van der Waals surface area contributed by atoms with Crippen LogP contribution in [0.1, 0.15) is 19.6 Å². The highest BCUT2D eigenvalue weighted by Crippen LogP contribution is 2.34. The van der Waals surface area contributed by atoms with Crippen molar-refractivity contribution in [2.45, 2.75) is 44.1 Å². The number of hydrogen-bond acceptors (Lipinski definition) is 7. The number of nitrogens with zero attached hydrogens (tertiary/aromatic N) is 4. The molecule has 0 aromatic carbocycles. The number of aliphatic hydroxyl groups is 2. The Morgan fingerprint density at radius 2 is 2.33 bits per heavy atom. The quantitative estimate of drug-likeness (QED) is 0.694. The minimum absolute atomic E-state index is 0.0790. The molecule has 1 aliphatic rings. The van der Waals surface area contributed by atoms with Crippen molar-refractivity contribution in [3.8, 4) is 0 Å². The van der Waals surface area contributed by atoms with Gasteiger partial charge in [-0.3, -0.25) is 4.57 Å². The van der Waals surface area contributed by atoms with Crippen molar-refractivity contribution >= 4 is 23.3 Å². The Kier molecular flexibility index (Phi) is 4.11. The molecule has 130 valence electrons. The van der Waals surface area contributed by atoms with Gasteiger partial charge in [-0.05, 0) is 6.42 Å². The van der Waals surface area contributed by atoms with E-state index in [1.165, 1.54) is 12.4 Å².